The highest BCUT2D eigenvalue weighted by atomic mass is 35.5. The van der Waals surface area contributed by atoms with Crippen molar-refractivity contribution in [3.8, 4) is 0 Å². The standard InChI is InChI=1S/C15H13ClN2OS/c16-11-1-3-12(4-2-11)17-15(19)18-8-7-10-9-13(20)5-6-14(10)18/h1-6,9,20H,7-8H2,(H,17,19). The highest BCUT2D eigenvalue weighted by Gasteiger charge is 2.24. The molecule has 0 saturated carbocycles. The summed E-state index contributed by atoms with van der Waals surface area (Å²) in [5, 5.41) is 3.52. The third-order valence-electron chi connectivity index (χ3n) is 3.30. The van der Waals surface area contributed by atoms with Crippen LogP contribution in [-0.2, 0) is 6.42 Å². The van der Waals surface area contributed by atoms with Gasteiger partial charge in [-0.15, -0.1) is 12.6 Å². The minimum Gasteiger partial charge on any atom is -0.308 e. The topological polar surface area (TPSA) is 32.3 Å². The molecule has 2 aromatic rings. The molecule has 0 radical (unpaired) electrons. The fraction of sp³-hybridized carbons (Fsp3) is 0.133. The molecule has 2 amide bonds. The van der Waals surface area contributed by atoms with Gasteiger partial charge in [0.1, 0.15) is 0 Å². The average Bonchev–Trinajstić information content (AvgIpc) is 2.84. The zero-order chi connectivity index (χ0) is 14.1. The van der Waals surface area contributed by atoms with E-state index in [0.717, 1.165) is 28.3 Å². The maximum atomic E-state index is 12.3. The molecule has 0 unspecified atom stereocenters. The minimum atomic E-state index is -0.127. The molecular weight excluding hydrogens is 292 g/mol. The van der Waals surface area contributed by atoms with Crippen LogP contribution in [0.3, 0.4) is 0 Å². The monoisotopic (exact) mass is 304 g/mol. The first kappa shape index (κ1) is 13.3. The van der Waals surface area contributed by atoms with Crippen LogP contribution in [0.4, 0.5) is 16.2 Å². The van der Waals surface area contributed by atoms with Gasteiger partial charge in [0.25, 0.3) is 0 Å². The maximum absolute atomic E-state index is 12.3. The SMILES string of the molecule is O=C(Nc1ccc(Cl)cc1)N1CCc2cc(S)ccc21. The van der Waals surface area contributed by atoms with Crippen molar-refractivity contribution in [3.63, 3.8) is 0 Å². The van der Waals surface area contributed by atoms with E-state index in [1.165, 1.54) is 0 Å². The smallest absolute Gasteiger partial charge is 0.308 e. The molecule has 3 nitrogen and oxygen atoms in total. The Morgan fingerprint density at radius 2 is 1.95 bits per heavy atom. The van der Waals surface area contributed by atoms with E-state index in [2.05, 4.69) is 17.9 Å². The van der Waals surface area contributed by atoms with Crippen molar-refractivity contribution in [2.75, 3.05) is 16.8 Å². The van der Waals surface area contributed by atoms with E-state index < -0.39 is 0 Å². The zero-order valence-electron chi connectivity index (χ0n) is 10.6. The summed E-state index contributed by atoms with van der Waals surface area (Å²) < 4.78 is 0. The lowest BCUT2D eigenvalue weighted by molar-refractivity contribution is 0.257. The number of anilines is 2. The van der Waals surface area contributed by atoms with Crippen LogP contribution in [0.1, 0.15) is 5.56 Å². The van der Waals surface area contributed by atoms with Crippen LogP contribution in [-0.4, -0.2) is 12.6 Å². The van der Waals surface area contributed by atoms with Crippen molar-refractivity contribution in [1.29, 1.82) is 0 Å². The zero-order valence-corrected chi connectivity index (χ0v) is 12.3. The molecular formula is C15H13ClN2OS. The van der Waals surface area contributed by atoms with Gasteiger partial charge in [-0.3, -0.25) is 4.90 Å². The second-order valence-electron chi connectivity index (χ2n) is 4.65. The summed E-state index contributed by atoms with van der Waals surface area (Å²) in [6.45, 7) is 0.686. The molecule has 0 spiro atoms. The van der Waals surface area contributed by atoms with Crippen molar-refractivity contribution < 1.29 is 4.79 Å². The summed E-state index contributed by atoms with van der Waals surface area (Å²) in [6, 6.07) is 12.8. The number of urea groups is 1. The molecule has 0 aliphatic carbocycles. The number of amides is 2. The average molecular weight is 305 g/mol. The van der Waals surface area contributed by atoms with Crippen LogP contribution >= 0.6 is 24.2 Å². The third kappa shape index (κ3) is 2.62. The summed E-state index contributed by atoms with van der Waals surface area (Å²) in [5.74, 6) is 0. The first-order valence-electron chi connectivity index (χ1n) is 6.29. The molecule has 0 saturated heterocycles. The molecule has 1 heterocycles. The molecule has 0 fully saturated rings. The number of hydrogen-bond donors (Lipinski definition) is 2. The maximum Gasteiger partial charge on any atom is 0.326 e. The lowest BCUT2D eigenvalue weighted by Gasteiger charge is -2.18. The number of nitrogens with zero attached hydrogens (tertiary/aromatic N) is 1. The summed E-state index contributed by atoms with van der Waals surface area (Å²) in [7, 11) is 0. The molecule has 3 rings (SSSR count). The molecule has 0 bridgehead atoms. The number of thiol groups is 1. The highest BCUT2D eigenvalue weighted by Crippen LogP contribution is 2.30. The third-order valence-corrected chi connectivity index (χ3v) is 3.83. The Morgan fingerprint density at radius 3 is 2.70 bits per heavy atom. The van der Waals surface area contributed by atoms with Gasteiger partial charge in [-0.25, -0.2) is 4.79 Å². The molecule has 5 heteroatoms. The molecule has 2 aromatic carbocycles. The largest absolute Gasteiger partial charge is 0.326 e. The van der Waals surface area contributed by atoms with Crippen LogP contribution in [0.15, 0.2) is 47.4 Å². The Morgan fingerprint density at radius 1 is 1.20 bits per heavy atom. The summed E-state index contributed by atoms with van der Waals surface area (Å²) in [6.07, 6.45) is 0.859. The van der Waals surface area contributed by atoms with E-state index in [9.17, 15) is 4.79 Å². The van der Waals surface area contributed by atoms with Crippen molar-refractivity contribution >= 4 is 41.6 Å². The molecule has 0 atom stereocenters. The molecule has 102 valence electrons. The van der Waals surface area contributed by atoms with E-state index in [-0.39, 0.29) is 6.03 Å². The van der Waals surface area contributed by atoms with Crippen molar-refractivity contribution in [2.24, 2.45) is 0 Å². The first-order chi connectivity index (χ1) is 9.63. The predicted molar refractivity (Wildman–Crippen MR) is 85.2 cm³/mol. The van der Waals surface area contributed by atoms with Crippen LogP contribution in [0.25, 0.3) is 0 Å². The van der Waals surface area contributed by atoms with Crippen molar-refractivity contribution in [3.05, 3.63) is 53.1 Å². The molecule has 1 aliphatic rings. The number of nitrogens with one attached hydrogen (secondary N) is 1. The van der Waals surface area contributed by atoms with E-state index in [1.54, 1.807) is 29.2 Å². The van der Waals surface area contributed by atoms with Gasteiger partial charge in [0.05, 0.1) is 0 Å². The summed E-state index contributed by atoms with van der Waals surface area (Å²) in [4.78, 5) is 15.0. The number of fused-ring (bicyclic) bond motifs is 1. The number of carbonyl (C=O) groups is 1. The van der Waals surface area contributed by atoms with Gasteiger partial charge in [-0.05, 0) is 54.4 Å². The second-order valence-corrected chi connectivity index (χ2v) is 5.60. The van der Waals surface area contributed by atoms with Crippen molar-refractivity contribution in [1.82, 2.24) is 0 Å². The van der Waals surface area contributed by atoms with E-state index >= 15 is 0 Å². The lowest BCUT2D eigenvalue weighted by Crippen LogP contribution is -2.33. The number of hydrogen-bond acceptors (Lipinski definition) is 2. The number of benzene rings is 2. The molecule has 1 aliphatic heterocycles. The number of halogens is 1. The predicted octanol–water partition coefficient (Wildman–Crippen LogP) is 4.22. The van der Waals surface area contributed by atoms with E-state index in [0.29, 0.717) is 11.6 Å². The fourth-order valence-corrected chi connectivity index (χ4v) is 2.68. The Hall–Kier alpha value is -1.65. The molecule has 0 aromatic heterocycles. The first-order valence-corrected chi connectivity index (χ1v) is 7.12. The highest BCUT2D eigenvalue weighted by molar-refractivity contribution is 7.80. The minimum absolute atomic E-state index is 0.127. The van der Waals surface area contributed by atoms with E-state index in [4.69, 9.17) is 11.6 Å². The summed E-state index contributed by atoms with van der Waals surface area (Å²) in [5.41, 5.74) is 2.84. The van der Waals surface area contributed by atoms with Gasteiger partial charge < -0.3 is 5.32 Å². The second kappa shape index (κ2) is 5.38. The van der Waals surface area contributed by atoms with Crippen LogP contribution in [0, 0.1) is 0 Å². The fourth-order valence-electron chi connectivity index (χ4n) is 2.32. The Kier molecular flexibility index (Phi) is 3.59. The Bertz CT molecular complexity index is 657. The van der Waals surface area contributed by atoms with Gasteiger partial charge in [0.2, 0.25) is 0 Å². The van der Waals surface area contributed by atoms with E-state index in [1.807, 2.05) is 18.2 Å². The quantitative estimate of drug-likeness (QED) is 0.760. The Balaban J connectivity index is 1.78. The normalized spacial score (nSPS) is 13.2. The van der Waals surface area contributed by atoms with Gasteiger partial charge in [-0.1, -0.05) is 11.6 Å². The number of carbonyl (C=O) groups excluding carboxylic acids is 1. The molecule has 20 heavy (non-hydrogen) atoms. The Labute approximate surface area is 128 Å². The van der Waals surface area contributed by atoms with Crippen LogP contribution < -0.4 is 10.2 Å². The van der Waals surface area contributed by atoms with Crippen molar-refractivity contribution in [2.45, 2.75) is 11.3 Å². The lowest BCUT2D eigenvalue weighted by atomic mass is 10.2. The van der Waals surface area contributed by atoms with Crippen LogP contribution in [0.2, 0.25) is 5.02 Å². The van der Waals surface area contributed by atoms with Gasteiger partial charge in [-0.2, -0.15) is 0 Å². The van der Waals surface area contributed by atoms with Gasteiger partial charge >= 0.3 is 6.03 Å². The van der Waals surface area contributed by atoms with Gasteiger partial charge in [0, 0.05) is 27.8 Å². The number of rotatable bonds is 1. The van der Waals surface area contributed by atoms with Gasteiger partial charge in [0.15, 0.2) is 0 Å². The molecule has 1 N–H and O–H groups in total. The summed E-state index contributed by atoms with van der Waals surface area (Å²) >= 11 is 10.1. The van der Waals surface area contributed by atoms with Crippen LogP contribution in [0.5, 0.6) is 0 Å².